The largest absolute Gasteiger partial charge is 0.383 e. The number of carbonyl (C=O) groups is 2. The molecule has 0 saturated carbocycles. The third kappa shape index (κ3) is 6.08. The van der Waals surface area contributed by atoms with Crippen molar-refractivity contribution in [3.8, 4) is 0 Å². The van der Waals surface area contributed by atoms with Gasteiger partial charge in [0.1, 0.15) is 0 Å². The summed E-state index contributed by atoms with van der Waals surface area (Å²) in [4.78, 5) is 23.1. The second-order valence-electron chi connectivity index (χ2n) is 5.64. The van der Waals surface area contributed by atoms with Gasteiger partial charge in [0.25, 0.3) is 15.9 Å². The highest BCUT2D eigenvalue weighted by Gasteiger charge is 2.15. The van der Waals surface area contributed by atoms with Crippen LogP contribution in [-0.4, -0.2) is 40.5 Å². The number of sulfonamides is 1. The molecule has 0 aliphatic heterocycles. The first-order valence-electron chi connectivity index (χ1n) is 8.09. The summed E-state index contributed by atoms with van der Waals surface area (Å²) in [5, 5.41) is 5.24. The van der Waals surface area contributed by atoms with Crippen LogP contribution in [0.2, 0.25) is 0 Å². The average Bonchev–Trinajstić information content (AvgIpc) is 2.61. The molecule has 0 fully saturated rings. The zero-order valence-corrected chi connectivity index (χ0v) is 15.8. The average molecular weight is 391 g/mol. The Morgan fingerprint density at radius 1 is 1.04 bits per heavy atom. The first kappa shape index (κ1) is 20.4. The van der Waals surface area contributed by atoms with Gasteiger partial charge in [0.05, 0.1) is 17.2 Å². The molecule has 144 valence electrons. The number of rotatable bonds is 8. The van der Waals surface area contributed by atoms with Gasteiger partial charge >= 0.3 is 0 Å². The minimum atomic E-state index is -3.84. The van der Waals surface area contributed by atoms with Crippen molar-refractivity contribution in [1.29, 1.82) is 0 Å². The van der Waals surface area contributed by atoms with E-state index in [-0.39, 0.29) is 16.7 Å². The van der Waals surface area contributed by atoms with Gasteiger partial charge in [0.2, 0.25) is 5.91 Å². The normalized spacial score (nSPS) is 10.9. The van der Waals surface area contributed by atoms with Gasteiger partial charge in [0.15, 0.2) is 0 Å². The second kappa shape index (κ2) is 9.15. The number of hydrogen-bond donors (Lipinski definition) is 3. The van der Waals surface area contributed by atoms with Gasteiger partial charge in [-0.05, 0) is 42.5 Å². The molecule has 2 amide bonds. The van der Waals surface area contributed by atoms with Gasteiger partial charge < -0.3 is 15.4 Å². The van der Waals surface area contributed by atoms with E-state index in [4.69, 9.17) is 4.74 Å². The molecule has 0 radical (unpaired) electrons. The lowest BCUT2D eigenvalue weighted by atomic mass is 10.2. The molecule has 0 atom stereocenters. The van der Waals surface area contributed by atoms with E-state index in [1.54, 1.807) is 18.2 Å². The molecule has 0 aliphatic rings. The quantitative estimate of drug-likeness (QED) is 0.594. The van der Waals surface area contributed by atoms with Gasteiger partial charge in [-0.2, -0.15) is 0 Å². The topological polar surface area (TPSA) is 114 Å². The summed E-state index contributed by atoms with van der Waals surface area (Å²) in [6.07, 6.45) is 0. The maximum absolute atomic E-state index is 12.5. The minimum Gasteiger partial charge on any atom is -0.383 e. The molecule has 2 aromatic rings. The molecule has 3 N–H and O–H groups in total. The fourth-order valence-electron chi connectivity index (χ4n) is 2.23. The summed E-state index contributed by atoms with van der Waals surface area (Å²) in [7, 11) is -2.30. The lowest BCUT2D eigenvalue weighted by Gasteiger charge is -2.10. The van der Waals surface area contributed by atoms with Crippen LogP contribution in [0.5, 0.6) is 0 Å². The molecule has 0 spiro atoms. The highest BCUT2D eigenvalue weighted by atomic mass is 32.2. The number of amides is 2. The predicted molar refractivity (Wildman–Crippen MR) is 102 cm³/mol. The fraction of sp³-hybridized carbons (Fsp3) is 0.222. The molecule has 27 heavy (non-hydrogen) atoms. The van der Waals surface area contributed by atoms with Crippen molar-refractivity contribution >= 4 is 33.2 Å². The SMILES string of the molecule is COCCNC(=O)c1ccc(S(=O)(=O)Nc2cccc(NC(C)=O)c2)cc1. The Morgan fingerprint density at radius 2 is 1.70 bits per heavy atom. The first-order valence-corrected chi connectivity index (χ1v) is 9.58. The van der Waals surface area contributed by atoms with E-state index in [0.29, 0.717) is 30.1 Å². The lowest BCUT2D eigenvalue weighted by molar-refractivity contribution is -0.114. The van der Waals surface area contributed by atoms with Crippen LogP contribution >= 0.6 is 0 Å². The molecule has 0 saturated heterocycles. The molecular formula is C18H21N3O5S. The third-order valence-electron chi connectivity index (χ3n) is 3.45. The van der Waals surface area contributed by atoms with Crippen LogP contribution in [0.3, 0.4) is 0 Å². The van der Waals surface area contributed by atoms with Crippen LogP contribution in [0.4, 0.5) is 11.4 Å². The smallest absolute Gasteiger partial charge is 0.261 e. The van der Waals surface area contributed by atoms with Gasteiger partial charge in [-0.15, -0.1) is 0 Å². The van der Waals surface area contributed by atoms with Crippen molar-refractivity contribution in [2.24, 2.45) is 0 Å². The van der Waals surface area contributed by atoms with Crippen LogP contribution in [0, 0.1) is 0 Å². The van der Waals surface area contributed by atoms with Crippen molar-refractivity contribution in [2.45, 2.75) is 11.8 Å². The number of methoxy groups -OCH3 is 1. The number of nitrogens with one attached hydrogen (secondary N) is 3. The number of hydrogen-bond acceptors (Lipinski definition) is 5. The molecule has 9 heteroatoms. The van der Waals surface area contributed by atoms with Crippen molar-refractivity contribution in [1.82, 2.24) is 5.32 Å². The van der Waals surface area contributed by atoms with E-state index in [9.17, 15) is 18.0 Å². The van der Waals surface area contributed by atoms with Crippen molar-refractivity contribution in [3.63, 3.8) is 0 Å². The summed E-state index contributed by atoms with van der Waals surface area (Å²) >= 11 is 0. The Hall–Kier alpha value is -2.91. The summed E-state index contributed by atoms with van der Waals surface area (Å²) in [6, 6.07) is 11.9. The van der Waals surface area contributed by atoms with Crippen LogP contribution in [-0.2, 0) is 19.6 Å². The Bertz CT molecular complexity index is 911. The van der Waals surface area contributed by atoms with Gasteiger partial charge in [-0.1, -0.05) is 6.07 Å². The van der Waals surface area contributed by atoms with Crippen molar-refractivity contribution in [3.05, 3.63) is 54.1 Å². The van der Waals surface area contributed by atoms with Crippen LogP contribution < -0.4 is 15.4 Å². The van der Waals surface area contributed by atoms with E-state index >= 15 is 0 Å². The number of benzene rings is 2. The number of anilines is 2. The van der Waals surface area contributed by atoms with Gasteiger partial charge in [0, 0.05) is 31.8 Å². The highest BCUT2D eigenvalue weighted by molar-refractivity contribution is 7.92. The number of ether oxygens (including phenoxy) is 1. The number of carbonyl (C=O) groups excluding carboxylic acids is 2. The Morgan fingerprint density at radius 3 is 2.33 bits per heavy atom. The van der Waals surface area contributed by atoms with E-state index < -0.39 is 10.0 Å². The Labute approximate surface area is 158 Å². The molecule has 0 heterocycles. The standard InChI is InChI=1S/C18H21N3O5S/c1-13(22)20-15-4-3-5-16(12-15)21-27(24,25)17-8-6-14(7-9-17)18(23)19-10-11-26-2/h3-9,12,21H,10-11H2,1-2H3,(H,19,23)(H,20,22). The predicted octanol–water partition coefficient (Wildman–Crippen LogP) is 1.82. The zero-order chi connectivity index (χ0) is 19.9. The van der Waals surface area contributed by atoms with E-state index in [2.05, 4.69) is 15.4 Å². The summed E-state index contributed by atoms with van der Waals surface area (Å²) in [5.41, 5.74) is 1.13. The molecule has 0 aromatic heterocycles. The van der Waals surface area contributed by atoms with Gasteiger partial charge in [-0.3, -0.25) is 14.3 Å². The molecule has 0 unspecified atom stereocenters. The molecule has 2 aromatic carbocycles. The molecule has 0 aliphatic carbocycles. The molecule has 0 bridgehead atoms. The fourth-order valence-corrected chi connectivity index (χ4v) is 3.28. The summed E-state index contributed by atoms with van der Waals surface area (Å²) in [5.74, 6) is -0.568. The molecular weight excluding hydrogens is 370 g/mol. The first-order chi connectivity index (χ1) is 12.8. The van der Waals surface area contributed by atoms with Gasteiger partial charge in [-0.25, -0.2) is 8.42 Å². The third-order valence-corrected chi connectivity index (χ3v) is 4.85. The van der Waals surface area contributed by atoms with Crippen LogP contribution in [0.1, 0.15) is 17.3 Å². The van der Waals surface area contributed by atoms with E-state index in [1.807, 2.05) is 0 Å². The van der Waals surface area contributed by atoms with Crippen molar-refractivity contribution < 1.29 is 22.7 Å². The summed E-state index contributed by atoms with van der Waals surface area (Å²) in [6.45, 7) is 2.12. The van der Waals surface area contributed by atoms with E-state index in [1.165, 1.54) is 44.4 Å². The summed E-state index contributed by atoms with van der Waals surface area (Å²) < 4.78 is 32.3. The monoisotopic (exact) mass is 391 g/mol. The molecule has 2 rings (SSSR count). The van der Waals surface area contributed by atoms with Crippen LogP contribution in [0.25, 0.3) is 0 Å². The Balaban J connectivity index is 2.10. The second-order valence-corrected chi connectivity index (χ2v) is 7.32. The van der Waals surface area contributed by atoms with Crippen LogP contribution in [0.15, 0.2) is 53.4 Å². The lowest BCUT2D eigenvalue weighted by Crippen LogP contribution is -2.26. The maximum atomic E-state index is 12.5. The maximum Gasteiger partial charge on any atom is 0.261 e. The van der Waals surface area contributed by atoms with Crippen molar-refractivity contribution in [2.75, 3.05) is 30.3 Å². The molecule has 8 nitrogen and oxygen atoms in total. The highest BCUT2D eigenvalue weighted by Crippen LogP contribution is 2.20. The Kier molecular flexibility index (Phi) is 6.91. The minimum absolute atomic E-state index is 0.0147. The van der Waals surface area contributed by atoms with E-state index in [0.717, 1.165) is 0 Å². The zero-order valence-electron chi connectivity index (χ0n) is 15.0.